The van der Waals surface area contributed by atoms with Crippen LogP contribution in [0.3, 0.4) is 0 Å². The van der Waals surface area contributed by atoms with Gasteiger partial charge < -0.3 is 10.4 Å². The SMILES string of the molecule is O=C(CC1NCCC1O)CN1C=NC2C(Cl)=C(Cl)SC2C1=O. The molecule has 0 aromatic heterocycles. The van der Waals surface area contributed by atoms with E-state index in [0.717, 1.165) is 0 Å². The Labute approximate surface area is 141 Å². The molecule has 0 bridgehead atoms. The maximum absolute atomic E-state index is 12.4. The van der Waals surface area contributed by atoms with E-state index >= 15 is 0 Å². The molecule has 3 rings (SSSR count). The van der Waals surface area contributed by atoms with Gasteiger partial charge >= 0.3 is 0 Å². The zero-order valence-corrected chi connectivity index (χ0v) is 13.9. The van der Waals surface area contributed by atoms with Crippen molar-refractivity contribution in [3.05, 3.63) is 9.40 Å². The highest BCUT2D eigenvalue weighted by Gasteiger charge is 2.43. The molecule has 6 nitrogen and oxygen atoms in total. The van der Waals surface area contributed by atoms with Crippen LogP contribution in [0.25, 0.3) is 0 Å². The number of hydrogen-bond acceptors (Lipinski definition) is 6. The minimum absolute atomic E-state index is 0.0494. The summed E-state index contributed by atoms with van der Waals surface area (Å²) in [5.41, 5.74) is 0. The average molecular weight is 364 g/mol. The van der Waals surface area contributed by atoms with Crippen molar-refractivity contribution in [2.45, 2.75) is 36.3 Å². The first-order chi connectivity index (χ1) is 10.5. The third-order valence-electron chi connectivity index (χ3n) is 3.96. The van der Waals surface area contributed by atoms with Gasteiger partial charge in [0.15, 0.2) is 5.78 Å². The summed E-state index contributed by atoms with van der Waals surface area (Å²) in [5, 5.41) is 12.7. The van der Waals surface area contributed by atoms with E-state index in [0.29, 0.717) is 22.4 Å². The number of carbonyl (C=O) groups excluding carboxylic acids is 2. The molecule has 4 atom stereocenters. The summed E-state index contributed by atoms with van der Waals surface area (Å²) in [6.45, 7) is 0.651. The van der Waals surface area contributed by atoms with Crippen LogP contribution < -0.4 is 5.32 Å². The number of hydrogen-bond donors (Lipinski definition) is 2. The Hall–Kier alpha value is -0.600. The van der Waals surface area contributed by atoms with Crippen LogP contribution in [0.2, 0.25) is 0 Å². The molecule has 3 aliphatic heterocycles. The number of carbonyl (C=O) groups is 2. The van der Waals surface area contributed by atoms with Gasteiger partial charge in [-0.2, -0.15) is 0 Å². The molecule has 0 aromatic carbocycles. The van der Waals surface area contributed by atoms with Crippen molar-refractivity contribution in [3.8, 4) is 0 Å². The summed E-state index contributed by atoms with van der Waals surface area (Å²) in [4.78, 5) is 30.0. The van der Waals surface area contributed by atoms with Gasteiger partial charge in [0.1, 0.15) is 11.3 Å². The van der Waals surface area contributed by atoms with Gasteiger partial charge in [-0.05, 0) is 13.0 Å². The topological polar surface area (TPSA) is 82.0 Å². The zero-order chi connectivity index (χ0) is 15.9. The number of aliphatic hydroxyl groups is 1. The number of thioether (sulfide) groups is 1. The Morgan fingerprint density at radius 1 is 1.55 bits per heavy atom. The van der Waals surface area contributed by atoms with E-state index in [-0.39, 0.29) is 30.7 Å². The fourth-order valence-electron chi connectivity index (χ4n) is 2.76. The van der Waals surface area contributed by atoms with Gasteiger partial charge in [0.2, 0.25) is 5.91 Å². The molecule has 120 valence electrons. The quantitative estimate of drug-likeness (QED) is 0.766. The van der Waals surface area contributed by atoms with Crippen molar-refractivity contribution in [1.29, 1.82) is 0 Å². The van der Waals surface area contributed by atoms with Crippen LogP contribution in [0.15, 0.2) is 14.4 Å². The number of rotatable bonds is 4. The lowest BCUT2D eigenvalue weighted by molar-refractivity contribution is -0.131. The van der Waals surface area contributed by atoms with Gasteiger partial charge in [0.05, 0.1) is 28.4 Å². The molecule has 0 aromatic rings. The number of amides is 1. The first-order valence-electron chi connectivity index (χ1n) is 6.96. The van der Waals surface area contributed by atoms with Crippen LogP contribution >= 0.6 is 35.0 Å². The van der Waals surface area contributed by atoms with E-state index in [4.69, 9.17) is 23.2 Å². The molecule has 3 heterocycles. The van der Waals surface area contributed by atoms with Crippen LogP contribution in [-0.4, -0.2) is 64.6 Å². The molecule has 0 saturated carbocycles. The van der Waals surface area contributed by atoms with Crippen molar-refractivity contribution >= 4 is 53.0 Å². The van der Waals surface area contributed by atoms with Crippen molar-refractivity contribution < 1.29 is 14.7 Å². The van der Waals surface area contributed by atoms with Gasteiger partial charge in [-0.1, -0.05) is 35.0 Å². The summed E-state index contributed by atoms with van der Waals surface area (Å²) in [6.07, 6.45) is 1.69. The largest absolute Gasteiger partial charge is 0.391 e. The number of nitrogens with zero attached hydrogens (tertiary/aromatic N) is 2. The van der Waals surface area contributed by atoms with Gasteiger partial charge in [-0.3, -0.25) is 19.5 Å². The number of aliphatic hydroxyl groups excluding tert-OH is 1. The van der Waals surface area contributed by atoms with Gasteiger partial charge in [-0.25, -0.2) is 0 Å². The van der Waals surface area contributed by atoms with Crippen LogP contribution in [0.5, 0.6) is 0 Å². The van der Waals surface area contributed by atoms with Crippen molar-refractivity contribution in [2.75, 3.05) is 13.1 Å². The van der Waals surface area contributed by atoms with E-state index in [1.165, 1.54) is 23.0 Å². The van der Waals surface area contributed by atoms with Gasteiger partial charge in [-0.15, -0.1) is 0 Å². The molecule has 4 unspecified atom stereocenters. The van der Waals surface area contributed by atoms with Crippen LogP contribution in [0, 0.1) is 0 Å². The average Bonchev–Trinajstić information content (AvgIpc) is 2.99. The fourth-order valence-corrected chi connectivity index (χ4v) is 4.58. The lowest BCUT2D eigenvalue weighted by Crippen LogP contribution is -2.47. The lowest BCUT2D eigenvalue weighted by atomic mass is 10.1. The van der Waals surface area contributed by atoms with E-state index < -0.39 is 17.4 Å². The van der Waals surface area contributed by atoms with E-state index in [2.05, 4.69) is 10.3 Å². The minimum atomic E-state index is -0.508. The second-order valence-corrected chi connectivity index (χ2v) is 7.66. The minimum Gasteiger partial charge on any atom is -0.391 e. The Morgan fingerprint density at radius 2 is 2.32 bits per heavy atom. The molecular weight excluding hydrogens is 349 g/mol. The number of Topliss-reactive ketones (excluding diaryl/α,β-unsaturated/α-hetero) is 1. The first-order valence-corrected chi connectivity index (χ1v) is 8.59. The molecule has 0 aliphatic carbocycles. The summed E-state index contributed by atoms with van der Waals surface area (Å²) in [7, 11) is 0. The van der Waals surface area contributed by atoms with Gasteiger partial charge in [0, 0.05) is 12.5 Å². The predicted octanol–water partition coefficient (Wildman–Crippen LogP) is 0.670. The zero-order valence-electron chi connectivity index (χ0n) is 11.5. The summed E-state index contributed by atoms with van der Waals surface area (Å²) in [5.74, 6) is -0.336. The Bertz CT molecular complexity index is 569. The molecular formula is C13H15Cl2N3O3S. The number of nitrogens with one attached hydrogen (secondary N) is 1. The third kappa shape index (κ3) is 3.05. The molecule has 0 radical (unpaired) electrons. The van der Waals surface area contributed by atoms with Crippen molar-refractivity contribution in [2.24, 2.45) is 4.99 Å². The van der Waals surface area contributed by atoms with Gasteiger partial charge in [0.25, 0.3) is 0 Å². The molecule has 2 N–H and O–H groups in total. The summed E-state index contributed by atoms with van der Waals surface area (Å²) >= 11 is 13.1. The lowest BCUT2D eigenvalue weighted by Gasteiger charge is -2.28. The Kier molecular flexibility index (Phi) is 4.80. The molecule has 0 spiro atoms. The van der Waals surface area contributed by atoms with Crippen LogP contribution in [0.4, 0.5) is 0 Å². The molecule has 1 amide bonds. The first kappa shape index (κ1) is 16.3. The highest BCUT2D eigenvalue weighted by Crippen LogP contribution is 2.45. The van der Waals surface area contributed by atoms with E-state index in [1.54, 1.807) is 0 Å². The number of aliphatic imine (C=N–C) groups is 1. The second-order valence-electron chi connectivity index (χ2n) is 5.50. The summed E-state index contributed by atoms with van der Waals surface area (Å²) in [6, 6.07) is -0.681. The molecule has 9 heteroatoms. The second kappa shape index (κ2) is 6.49. The van der Waals surface area contributed by atoms with E-state index in [1.807, 2.05) is 0 Å². The monoisotopic (exact) mass is 363 g/mol. The van der Waals surface area contributed by atoms with Crippen LogP contribution in [-0.2, 0) is 9.59 Å². The smallest absolute Gasteiger partial charge is 0.244 e. The molecule has 3 aliphatic rings. The Morgan fingerprint density at radius 3 is 3.00 bits per heavy atom. The highest BCUT2D eigenvalue weighted by molar-refractivity contribution is 8.06. The number of ketones is 1. The molecule has 1 fully saturated rings. The van der Waals surface area contributed by atoms with Crippen LogP contribution in [0.1, 0.15) is 12.8 Å². The molecule has 22 heavy (non-hydrogen) atoms. The summed E-state index contributed by atoms with van der Waals surface area (Å²) < 4.78 is 0.383. The standard InChI is InChI=1S/C13H15Cl2N3O3S/c14-9-10-11(22-12(9)15)13(21)18(5-17-10)4-6(19)3-7-8(20)1-2-16-7/h5,7-8,10-11,16,20H,1-4H2. The molecule has 1 saturated heterocycles. The van der Waals surface area contributed by atoms with E-state index in [9.17, 15) is 14.7 Å². The van der Waals surface area contributed by atoms with Crippen molar-refractivity contribution in [3.63, 3.8) is 0 Å². The normalized spacial score (nSPS) is 34.5. The maximum atomic E-state index is 12.4. The Balaban J connectivity index is 1.60. The van der Waals surface area contributed by atoms with Crippen molar-refractivity contribution in [1.82, 2.24) is 10.2 Å². The number of fused-ring (bicyclic) bond motifs is 1. The fraction of sp³-hybridized carbons (Fsp3) is 0.615. The predicted molar refractivity (Wildman–Crippen MR) is 86.1 cm³/mol. The maximum Gasteiger partial charge on any atom is 0.244 e. The third-order valence-corrected chi connectivity index (χ3v) is 6.20. The number of halogens is 2. The highest BCUT2D eigenvalue weighted by atomic mass is 35.5.